The number of methoxy groups -OCH3 is 2. The second kappa shape index (κ2) is 6.85. The van der Waals surface area contributed by atoms with E-state index in [0.29, 0.717) is 24.2 Å². The predicted octanol–water partition coefficient (Wildman–Crippen LogP) is 0.354. The van der Waals surface area contributed by atoms with E-state index in [4.69, 9.17) is 14.6 Å². The number of hydrogen-bond donors (Lipinski definition) is 1. The Bertz CT molecular complexity index is 562. The second-order valence-electron chi connectivity index (χ2n) is 5.10. The lowest BCUT2D eigenvalue weighted by atomic mass is 10.1. The smallest absolute Gasteiger partial charge is 0.218 e. The van der Waals surface area contributed by atoms with E-state index in [0.717, 1.165) is 0 Å². The Morgan fingerprint density at radius 2 is 1.76 bits per heavy atom. The summed E-state index contributed by atoms with van der Waals surface area (Å²) in [7, 11) is -0.326. The first-order chi connectivity index (χ1) is 10.00. The molecule has 1 aromatic rings. The lowest BCUT2D eigenvalue weighted by molar-refractivity contribution is -0.00461. The molecule has 0 radical (unpaired) electrons. The number of hydrogen-bond acceptors (Lipinski definition) is 5. The van der Waals surface area contributed by atoms with E-state index in [9.17, 15) is 8.42 Å². The summed E-state index contributed by atoms with van der Waals surface area (Å²) in [6, 6.07) is 6.95. The van der Waals surface area contributed by atoms with Gasteiger partial charge in [0.2, 0.25) is 10.0 Å². The molecule has 2 unspecified atom stereocenters. The third kappa shape index (κ3) is 3.81. The maximum Gasteiger partial charge on any atom is 0.218 e. The minimum absolute atomic E-state index is 0.0896. The fraction of sp³-hybridized carbons (Fsp3) is 0.571. The quantitative estimate of drug-likeness (QED) is 0.820. The molecule has 1 aliphatic heterocycles. The van der Waals surface area contributed by atoms with Gasteiger partial charge >= 0.3 is 0 Å². The third-order valence-electron chi connectivity index (χ3n) is 3.70. The molecule has 2 rings (SSSR count). The SMILES string of the molecule is COC1CN(S(=O)(=O)Cc2cccc(CO)c2)CC1OC. The first-order valence-electron chi connectivity index (χ1n) is 6.72. The van der Waals surface area contributed by atoms with E-state index < -0.39 is 10.0 Å². The minimum atomic E-state index is -3.43. The van der Waals surface area contributed by atoms with Gasteiger partial charge in [0.1, 0.15) is 0 Å². The van der Waals surface area contributed by atoms with E-state index in [1.54, 1.807) is 38.5 Å². The Morgan fingerprint density at radius 3 is 2.29 bits per heavy atom. The number of benzene rings is 1. The summed E-state index contributed by atoms with van der Waals surface area (Å²) in [4.78, 5) is 0. The van der Waals surface area contributed by atoms with Gasteiger partial charge in [-0.15, -0.1) is 0 Å². The summed E-state index contributed by atoms with van der Waals surface area (Å²) in [5.41, 5.74) is 1.37. The fourth-order valence-electron chi connectivity index (χ4n) is 2.51. The highest BCUT2D eigenvalue weighted by molar-refractivity contribution is 7.88. The summed E-state index contributed by atoms with van der Waals surface area (Å²) >= 11 is 0. The normalized spacial score (nSPS) is 23.6. The van der Waals surface area contributed by atoms with Crippen molar-refractivity contribution < 1.29 is 23.0 Å². The molecule has 0 amide bonds. The van der Waals surface area contributed by atoms with Crippen molar-refractivity contribution in [1.82, 2.24) is 4.31 Å². The summed E-state index contributed by atoms with van der Waals surface area (Å²) in [6.45, 7) is 0.503. The first kappa shape index (κ1) is 16.4. The van der Waals surface area contributed by atoms with Crippen LogP contribution in [0, 0.1) is 0 Å². The van der Waals surface area contributed by atoms with Gasteiger partial charge in [-0.25, -0.2) is 8.42 Å². The van der Waals surface area contributed by atoms with Crippen molar-refractivity contribution in [3.05, 3.63) is 35.4 Å². The highest BCUT2D eigenvalue weighted by Crippen LogP contribution is 2.21. The van der Waals surface area contributed by atoms with Crippen LogP contribution >= 0.6 is 0 Å². The van der Waals surface area contributed by atoms with E-state index >= 15 is 0 Å². The van der Waals surface area contributed by atoms with Crippen molar-refractivity contribution in [1.29, 1.82) is 0 Å². The molecule has 1 saturated heterocycles. The molecule has 2 atom stereocenters. The number of aliphatic hydroxyl groups excluding tert-OH is 1. The fourth-order valence-corrected chi connectivity index (χ4v) is 4.04. The Morgan fingerprint density at radius 1 is 1.19 bits per heavy atom. The number of ether oxygens (including phenoxy) is 2. The highest BCUT2D eigenvalue weighted by atomic mass is 32.2. The molecule has 1 heterocycles. The van der Waals surface area contributed by atoms with Gasteiger partial charge < -0.3 is 14.6 Å². The van der Waals surface area contributed by atoms with Gasteiger partial charge in [-0.05, 0) is 11.1 Å². The molecule has 0 aromatic heterocycles. The van der Waals surface area contributed by atoms with Crippen molar-refractivity contribution in [3.63, 3.8) is 0 Å². The average Bonchev–Trinajstić information content (AvgIpc) is 2.91. The van der Waals surface area contributed by atoms with Crippen LogP contribution in [0.25, 0.3) is 0 Å². The van der Waals surface area contributed by atoms with Crippen molar-refractivity contribution >= 4 is 10.0 Å². The number of aliphatic hydroxyl groups is 1. The lowest BCUT2D eigenvalue weighted by Gasteiger charge is -2.16. The summed E-state index contributed by atoms with van der Waals surface area (Å²) in [5, 5.41) is 9.11. The Kier molecular flexibility index (Phi) is 5.34. The molecule has 21 heavy (non-hydrogen) atoms. The van der Waals surface area contributed by atoms with Crippen molar-refractivity contribution in [2.24, 2.45) is 0 Å². The van der Waals surface area contributed by atoms with E-state index in [1.165, 1.54) is 4.31 Å². The average molecular weight is 315 g/mol. The second-order valence-corrected chi connectivity index (χ2v) is 7.07. The Hall–Kier alpha value is -0.990. The zero-order valence-corrected chi connectivity index (χ0v) is 13.0. The van der Waals surface area contributed by atoms with Gasteiger partial charge in [0.15, 0.2) is 0 Å². The van der Waals surface area contributed by atoms with Crippen molar-refractivity contribution in [2.45, 2.75) is 24.6 Å². The standard InChI is InChI=1S/C14H21NO5S/c1-19-13-7-15(8-14(13)20-2)21(17,18)10-12-5-3-4-11(6-12)9-16/h3-6,13-14,16H,7-10H2,1-2H3. The van der Waals surface area contributed by atoms with Crippen LogP contribution < -0.4 is 0 Å². The Labute approximate surface area is 125 Å². The lowest BCUT2D eigenvalue weighted by Crippen LogP contribution is -2.31. The largest absolute Gasteiger partial charge is 0.392 e. The maximum atomic E-state index is 12.5. The van der Waals surface area contributed by atoms with Gasteiger partial charge in [0.25, 0.3) is 0 Å². The van der Waals surface area contributed by atoms with E-state index in [-0.39, 0.29) is 24.6 Å². The molecule has 7 heteroatoms. The topological polar surface area (TPSA) is 76.1 Å². The van der Waals surface area contributed by atoms with Gasteiger partial charge in [-0.3, -0.25) is 0 Å². The van der Waals surface area contributed by atoms with E-state index in [1.807, 2.05) is 0 Å². The number of rotatable bonds is 6. The molecule has 0 bridgehead atoms. The molecular weight excluding hydrogens is 294 g/mol. The van der Waals surface area contributed by atoms with Crippen LogP contribution in [0.5, 0.6) is 0 Å². The molecule has 0 saturated carbocycles. The van der Waals surface area contributed by atoms with Gasteiger partial charge in [0, 0.05) is 27.3 Å². The molecule has 1 N–H and O–H groups in total. The molecule has 118 valence electrons. The molecule has 1 aliphatic rings. The first-order valence-corrected chi connectivity index (χ1v) is 8.33. The van der Waals surface area contributed by atoms with Crippen molar-refractivity contribution in [3.8, 4) is 0 Å². The van der Waals surface area contributed by atoms with Crippen LogP contribution in [0.4, 0.5) is 0 Å². The minimum Gasteiger partial charge on any atom is -0.392 e. The zero-order chi connectivity index (χ0) is 15.5. The molecule has 1 fully saturated rings. The van der Waals surface area contributed by atoms with Gasteiger partial charge in [0.05, 0.1) is 24.6 Å². The molecular formula is C14H21NO5S. The monoisotopic (exact) mass is 315 g/mol. The van der Waals surface area contributed by atoms with Crippen molar-refractivity contribution in [2.75, 3.05) is 27.3 Å². The molecule has 0 spiro atoms. The van der Waals surface area contributed by atoms with Crippen LogP contribution in [-0.2, 0) is 31.9 Å². The summed E-state index contributed by atoms with van der Waals surface area (Å²) < 4.78 is 36.9. The van der Waals surface area contributed by atoms with Gasteiger partial charge in [-0.2, -0.15) is 4.31 Å². The van der Waals surface area contributed by atoms with E-state index in [2.05, 4.69) is 0 Å². The van der Waals surface area contributed by atoms with Crippen LogP contribution in [-0.4, -0.2) is 57.3 Å². The highest BCUT2D eigenvalue weighted by Gasteiger charge is 2.38. The molecule has 1 aromatic carbocycles. The number of sulfonamides is 1. The predicted molar refractivity (Wildman–Crippen MR) is 78.2 cm³/mol. The summed E-state index contributed by atoms with van der Waals surface area (Å²) in [6.07, 6.45) is -0.484. The maximum absolute atomic E-state index is 12.5. The third-order valence-corrected chi connectivity index (χ3v) is 5.49. The van der Waals surface area contributed by atoms with Crippen LogP contribution in [0.1, 0.15) is 11.1 Å². The van der Waals surface area contributed by atoms with Crippen LogP contribution in [0.3, 0.4) is 0 Å². The molecule has 6 nitrogen and oxygen atoms in total. The molecule has 0 aliphatic carbocycles. The van der Waals surface area contributed by atoms with Crippen LogP contribution in [0.2, 0.25) is 0 Å². The Balaban J connectivity index is 2.11. The number of nitrogens with zero attached hydrogens (tertiary/aromatic N) is 1. The van der Waals surface area contributed by atoms with Gasteiger partial charge in [-0.1, -0.05) is 24.3 Å². The van der Waals surface area contributed by atoms with Crippen LogP contribution in [0.15, 0.2) is 24.3 Å². The zero-order valence-electron chi connectivity index (χ0n) is 12.2. The summed E-state index contributed by atoms with van der Waals surface area (Å²) in [5.74, 6) is -0.0896.